The van der Waals surface area contributed by atoms with Crippen LogP contribution in [-0.4, -0.2) is 19.1 Å². The van der Waals surface area contributed by atoms with Crippen LogP contribution in [0.15, 0.2) is 22.7 Å². The molecule has 0 spiro atoms. The van der Waals surface area contributed by atoms with Crippen molar-refractivity contribution in [1.29, 1.82) is 0 Å². The fourth-order valence-electron chi connectivity index (χ4n) is 1.19. The number of halogens is 2. The smallest absolute Gasteiger partial charge is 0.319 e. The van der Waals surface area contributed by atoms with Gasteiger partial charge in [-0.3, -0.25) is 4.79 Å². The van der Waals surface area contributed by atoms with Crippen LogP contribution in [0.25, 0.3) is 0 Å². The van der Waals surface area contributed by atoms with Crippen LogP contribution in [0, 0.1) is 5.82 Å². The molecule has 0 aliphatic carbocycles. The van der Waals surface area contributed by atoms with Crippen molar-refractivity contribution in [3.05, 3.63) is 34.1 Å². The summed E-state index contributed by atoms with van der Waals surface area (Å²) in [7, 11) is 0. The van der Waals surface area contributed by atoms with Crippen LogP contribution < -0.4 is 5.32 Å². The SMILES string of the molecule is CCOC(=O)CNCc1cc(Br)ccc1F. The summed E-state index contributed by atoms with van der Waals surface area (Å²) in [5.41, 5.74) is 0.513. The van der Waals surface area contributed by atoms with Crippen molar-refractivity contribution < 1.29 is 13.9 Å². The van der Waals surface area contributed by atoms with E-state index < -0.39 is 0 Å². The highest BCUT2D eigenvalue weighted by Gasteiger charge is 2.04. The predicted octanol–water partition coefficient (Wildman–Crippen LogP) is 2.24. The average molecular weight is 290 g/mol. The molecule has 1 rings (SSSR count). The van der Waals surface area contributed by atoms with E-state index >= 15 is 0 Å². The maximum Gasteiger partial charge on any atom is 0.319 e. The maximum absolute atomic E-state index is 13.3. The van der Waals surface area contributed by atoms with Crippen molar-refractivity contribution in [1.82, 2.24) is 5.32 Å². The molecule has 0 saturated carbocycles. The van der Waals surface area contributed by atoms with Gasteiger partial charge in [0, 0.05) is 16.6 Å². The Hall–Kier alpha value is -0.940. The van der Waals surface area contributed by atoms with E-state index in [0.717, 1.165) is 4.47 Å². The maximum atomic E-state index is 13.3. The zero-order valence-corrected chi connectivity index (χ0v) is 10.5. The molecule has 0 aromatic heterocycles. The highest BCUT2D eigenvalue weighted by atomic mass is 79.9. The normalized spacial score (nSPS) is 10.2. The summed E-state index contributed by atoms with van der Waals surface area (Å²) in [6.07, 6.45) is 0. The Kier molecular flexibility index (Phi) is 5.42. The second kappa shape index (κ2) is 6.60. The van der Waals surface area contributed by atoms with Gasteiger partial charge in [0.25, 0.3) is 0 Å². The number of nitrogens with one attached hydrogen (secondary N) is 1. The first-order valence-electron chi connectivity index (χ1n) is 4.93. The van der Waals surface area contributed by atoms with E-state index in [1.165, 1.54) is 6.07 Å². The van der Waals surface area contributed by atoms with Crippen molar-refractivity contribution in [2.45, 2.75) is 13.5 Å². The second-order valence-electron chi connectivity index (χ2n) is 3.14. The Morgan fingerprint density at radius 1 is 1.56 bits per heavy atom. The van der Waals surface area contributed by atoms with Gasteiger partial charge in [-0.2, -0.15) is 0 Å². The summed E-state index contributed by atoms with van der Waals surface area (Å²) in [4.78, 5) is 11.0. The van der Waals surface area contributed by atoms with Gasteiger partial charge in [0.05, 0.1) is 13.2 Å². The van der Waals surface area contributed by atoms with Gasteiger partial charge in [0.1, 0.15) is 5.82 Å². The third kappa shape index (κ3) is 4.28. The number of ether oxygens (including phenoxy) is 1. The number of carbonyl (C=O) groups excluding carboxylic acids is 1. The summed E-state index contributed by atoms with van der Waals surface area (Å²) in [6.45, 7) is 2.47. The van der Waals surface area contributed by atoms with Gasteiger partial charge in [0.2, 0.25) is 0 Å². The molecule has 0 fully saturated rings. The molecule has 0 atom stereocenters. The number of esters is 1. The van der Waals surface area contributed by atoms with Gasteiger partial charge in [-0.05, 0) is 25.1 Å². The molecular formula is C11H13BrFNO2. The molecule has 1 aromatic rings. The molecule has 1 N–H and O–H groups in total. The third-order valence-electron chi connectivity index (χ3n) is 1.90. The number of carbonyl (C=O) groups is 1. The Morgan fingerprint density at radius 2 is 2.31 bits per heavy atom. The van der Waals surface area contributed by atoms with E-state index in [9.17, 15) is 9.18 Å². The molecule has 0 unspecified atom stereocenters. The fourth-order valence-corrected chi connectivity index (χ4v) is 1.60. The van der Waals surface area contributed by atoms with E-state index in [0.29, 0.717) is 18.7 Å². The number of hydrogen-bond donors (Lipinski definition) is 1. The zero-order valence-electron chi connectivity index (χ0n) is 8.93. The van der Waals surface area contributed by atoms with Crippen LogP contribution in [0.3, 0.4) is 0 Å². The lowest BCUT2D eigenvalue weighted by Crippen LogP contribution is -2.24. The van der Waals surface area contributed by atoms with Crippen molar-refractivity contribution >= 4 is 21.9 Å². The molecule has 0 aliphatic rings. The van der Waals surface area contributed by atoms with E-state index in [1.807, 2.05) is 0 Å². The topological polar surface area (TPSA) is 38.3 Å². The lowest BCUT2D eigenvalue weighted by molar-refractivity contribution is -0.142. The van der Waals surface area contributed by atoms with E-state index in [2.05, 4.69) is 21.2 Å². The Morgan fingerprint density at radius 3 is 3.00 bits per heavy atom. The minimum atomic E-state index is -0.335. The standard InChI is InChI=1S/C11H13BrFNO2/c1-2-16-11(15)7-14-6-8-5-9(12)3-4-10(8)13/h3-5,14H,2,6-7H2,1H3. The minimum Gasteiger partial charge on any atom is -0.465 e. The average Bonchev–Trinajstić information content (AvgIpc) is 2.23. The summed E-state index contributed by atoms with van der Waals surface area (Å²) in [6, 6.07) is 4.68. The van der Waals surface area contributed by atoms with Crippen molar-refractivity contribution in [3.8, 4) is 0 Å². The lowest BCUT2D eigenvalue weighted by atomic mass is 10.2. The molecule has 0 heterocycles. The van der Waals surface area contributed by atoms with E-state index in [-0.39, 0.29) is 18.3 Å². The van der Waals surface area contributed by atoms with Crippen LogP contribution in [0.5, 0.6) is 0 Å². The van der Waals surface area contributed by atoms with Gasteiger partial charge in [-0.15, -0.1) is 0 Å². The summed E-state index contributed by atoms with van der Waals surface area (Å²) >= 11 is 3.26. The van der Waals surface area contributed by atoms with Crippen LogP contribution >= 0.6 is 15.9 Å². The van der Waals surface area contributed by atoms with Crippen molar-refractivity contribution in [2.24, 2.45) is 0 Å². The molecule has 0 bridgehead atoms. The number of hydrogen-bond acceptors (Lipinski definition) is 3. The van der Waals surface area contributed by atoms with Gasteiger partial charge in [0.15, 0.2) is 0 Å². The molecule has 0 amide bonds. The quantitative estimate of drug-likeness (QED) is 0.845. The highest BCUT2D eigenvalue weighted by molar-refractivity contribution is 9.10. The summed E-state index contributed by atoms with van der Waals surface area (Å²) in [5.74, 6) is -0.627. The van der Waals surface area contributed by atoms with E-state index in [1.54, 1.807) is 19.1 Å². The Bertz CT molecular complexity index is 371. The molecular weight excluding hydrogens is 277 g/mol. The first-order valence-corrected chi connectivity index (χ1v) is 5.73. The van der Waals surface area contributed by atoms with Crippen LogP contribution in [0.1, 0.15) is 12.5 Å². The fraction of sp³-hybridized carbons (Fsp3) is 0.364. The third-order valence-corrected chi connectivity index (χ3v) is 2.39. The molecule has 88 valence electrons. The van der Waals surface area contributed by atoms with Gasteiger partial charge in [-0.1, -0.05) is 15.9 Å². The van der Waals surface area contributed by atoms with Crippen LogP contribution in [-0.2, 0) is 16.1 Å². The molecule has 0 saturated heterocycles. The Balaban J connectivity index is 2.42. The summed E-state index contributed by atoms with van der Waals surface area (Å²) in [5, 5.41) is 2.82. The lowest BCUT2D eigenvalue weighted by Gasteiger charge is -2.06. The molecule has 0 aliphatic heterocycles. The monoisotopic (exact) mass is 289 g/mol. The van der Waals surface area contributed by atoms with Gasteiger partial charge >= 0.3 is 5.97 Å². The predicted molar refractivity (Wildman–Crippen MR) is 62.4 cm³/mol. The molecule has 3 nitrogen and oxygen atoms in total. The first kappa shape index (κ1) is 13.1. The molecule has 1 aromatic carbocycles. The summed E-state index contributed by atoms with van der Waals surface area (Å²) < 4.78 is 18.8. The highest BCUT2D eigenvalue weighted by Crippen LogP contribution is 2.15. The van der Waals surface area contributed by atoms with Crippen molar-refractivity contribution in [3.63, 3.8) is 0 Å². The van der Waals surface area contributed by atoms with Crippen LogP contribution in [0.2, 0.25) is 0 Å². The van der Waals surface area contributed by atoms with E-state index in [4.69, 9.17) is 4.74 Å². The van der Waals surface area contributed by atoms with Gasteiger partial charge < -0.3 is 10.1 Å². The molecule has 0 radical (unpaired) electrons. The number of benzene rings is 1. The molecule has 16 heavy (non-hydrogen) atoms. The number of rotatable bonds is 5. The zero-order chi connectivity index (χ0) is 12.0. The minimum absolute atomic E-state index is 0.0831. The molecule has 5 heteroatoms. The van der Waals surface area contributed by atoms with Crippen LogP contribution in [0.4, 0.5) is 4.39 Å². The first-order chi connectivity index (χ1) is 7.63. The van der Waals surface area contributed by atoms with Crippen molar-refractivity contribution in [2.75, 3.05) is 13.2 Å². The Labute approximate surface area is 102 Å². The second-order valence-corrected chi connectivity index (χ2v) is 4.06. The largest absolute Gasteiger partial charge is 0.465 e. The van der Waals surface area contributed by atoms with Gasteiger partial charge in [-0.25, -0.2) is 4.39 Å².